The number of thioether (sulfide) groups is 1. The maximum atomic E-state index is 12.9. The average Bonchev–Trinajstić information content (AvgIpc) is 3.22. The van der Waals surface area contributed by atoms with E-state index in [-0.39, 0.29) is 11.7 Å². The minimum absolute atomic E-state index is 0.00823. The number of aromatic nitrogens is 1. The molecule has 2 heterocycles. The molecule has 4 rings (SSSR count). The lowest BCUT2D eigenvalue weighted by atomic mass is 10.2. The van der Waals surface area contributed by atoms with Crippen LogP contribution in [0.25, 0.3) is 10.2 Å². The molecule has 0 bridgehead atoms. The number of carbonyl (C=O) groups is 1. The standard InChI is InChI=1S/C23H27FN4OS2/c1-2-17-3-8-20-21(15-17)31-23(26-20)28-13-11-27(12-14-28)10-9-25-22(29)16-30-19-6-4-18(24)5-7-19/h3-8,15H,2,9-14,16H2,1H3,(H,25,29). The number of benzene rings is 2. The fraction of sp³-hybridized carbons (Fsp3) is 0.391. The van der Waals surface area contributed by atoms with Gasteiger partial charge in [0.25, 0.3) is 0 Å². The SMILES string of the molecule is CCc1ccc2nc(N3CCN(CCNC(=O)CSc4ccc(F)cc4)CC3)sc2c1. The summed E-state index contributed by atoms with van der Waals surface area (Å²) in [4.78, 5) is 22.5. The molecule has 1 aliphatic heterocycles. The van der Waals surface area contributed by atoms with Gasteiger partial charge < -0.3 is 10.2 Å². The molecule has 164 valence electrons. The Labute approximate surface area is 190 Å². The van der Waals surface area contributed by atoms with Crippen molar-refractivity contribution in [3.8, 4) is 0 Å². The Balaban J connectivity index is 1.17. The molecular formula is C23H27FN4OS2. The highest BCUT2D eigenvalue weighted by Gasteiger charge is 2.19. The molecule has 1 N–H and O–H groups in total. The average molecular weight is 459 g/mol. The molecule has 0 radical (unpaired) electrons. The van der Waals surface area contributed by atoms with E-state index in [1.807, 2.05) is 0 Å². The van der Waals surface area contributed by atoms with Crippen molar-refractivity contribution >= 4 is 44.4 Å². The molecule has 1 fully saturated rings. The number of thiazole rings is 1. The van der Waals surface area contributed by atoms with E-state index in [0.717, 1.165) is 54.7 Å². The molecule has 1 aromatic heterocycles. The second-order valence-electron chi connectivity index (χ2n) is 7.57. The van der Waals surface area contributed by atoms with Gasteiger partial charge in [0.1, 0.15) is 5.82 Å². The van der Waals surface area contributed by atoms with E-state index in [1.165, 1.54) is 34.2 Å². The highest BCUT2D eigenvalue weighted by Crippen LogP contribution is 2.30. The summed E-state index contributed by atoms with van der Waals surface area (Å²) in [5, 5.41) is 4.09. The van der Waals surface area contributed by atoms with Crippen molar-refractivity contribution in [1.82, 2.24) is 15.2 Å². The zero-order valence-electron chi connectivity index (χ0n) is 17.6. The van der Waals surface area contributed by atoms with Crippen LogP contribution in [-0.4, -0.2) is 60.8 Å². The Bertz CT molecular complexity index is 1020. The molecule has 0 unspecified atom stereocenters. The van der Waals surface area contributed by atoms with E-state index in [0.29, 0.717) is 12.3 Å². The molecule has 5 nitrogen and oxygen atoms in total. The predicted molar refractivity (Wildman–Crippen MR) is 128 cm³/mol. The zero-order valence-corrected chi connectivity index (χ0v) is 19.3. The van der Waals surface area contributed by atoms with Crippen molar-refractivity contribution in [1.29, 1.82) is 0 Å². The summed E-state index contributed by atoms with van der Waals surface area (Å²) >= 11 is 3.20. The number of hydrogen-bond acceptors (Lipinski definition) is 6. The number of carbonyl (C=O) groups excluding carboxylic acids is 1. The summed E-state index contributed by atoms with van der Waals surface area (Å²) in [7, 11) is 0. The molecule has 8 heteroatoms. The summed E-state index contributed by atoms with van der Waals surface area (Å²) in [6.45, 7) is 7.51. The fourth-order valence-electron chi connectivity index (χ4n) is 3.56. The van der Waals surface area contributed by atoms with E-state index in [4.69, 9.17) is 4.98 Å². The molecule has 1 amide bonds. The monoisotopic (exact) mass is 458 g/mol. The van der Waals surface area contributed by atoms with E-state index in [9.17, 15) is 9.18 Å². The highest BCUT2D eigenvalue weighted by atomic mass is 32.2. The summed E-state index contributed by atoms with van der Waals surface area (Å²) in [6.07, 6.45) is 1.04. The molecule has 0 spiro atoms. The molecule has 2 aromatic carbocycles. The molecule has 1 saturated heterocycles. The smallest absolute Gasteiger partial charge is 0.230 e. The Morgan fingerprint density at radius 3 is 2.68 bits per heavy atom. The molecule has 1 aliphatic rings. The van der Waals surface area contributed by atoms with Crippen LogP contribution in [0, 0.1) is 5.82 Å². The van der Waals surface area contributed by atoms with Crippen molar-refractivity contribution < 1.29 is 9.18 Å². The van der Waals surface area contributed by atoms with E-state index in [2.05, 4.69) is 40.2 Å². The van der Waals surface area contributed by atoms with Gasteiger partial charge in [0, 0.05) is 44.2 Å². The van der Waals surface area contributed by atoms with Crippen LogP contribution in [0.3, 0.4) is 0 Å². The summed E-state index contributed by atoms with van der Waals surface area (Å²) in [5.74, 6) is 0.0908. The normalized spacial score (nSPS) is 14.8. The van der Waals surface area contributed by atoms with Gasteiger partial charge in [-0.1, -0.05) is 24.3 Å². The number of aryl methyl sites for hydroxylation is 1. The van der Waals surface area contributed by atoms with Gasteiger partial charge in [-0.2, -0.15) is 0 Å². The second kappa shape index (κ2) is 10.4. The Hall–Kier alpha value is -2.16. The fourth-order valence-corrected chi connectivity index (χ4v) is 5.37. The van der Waals surface area contributed by atoms with Gasteiger partial charge in [0.2, 0.25) is 5.91 Å². The predicted octanol–water partition coefficient (Wildman–Crippen LogP) is 4.03. The van der Waals surface area contributed by atoms with Crippen LogP contribution < -0.4 is 10.2 Å². The third-order valence-corrected chi connectivity index (χ3v) is 7.52. The van der Waals surface area contributed by atoms with Gasteiger partial charge in [0.05, 0.1) is 16.0 Å². The summed E-state index contributed by atoms with van der Waals surface area (Å²) in [6, 6.07) is 12.8. The van der Waals surface area contributed by atoms with Gasteiger partial charge in [0.15, 0.2) is 5.13 Å². The van der Waals surface area contributed by atoms with Crippen LogP contribution in [-0.2, 0) is 11.2 Å². The topological polar surface area (TPSA) is 48.5 Å². The number of fused-ring (bicyclic) bond motifs is 1. The third-order valence-electron chi connectivity index (χ3n) is 5.43. The lowest BCUT2D eigenvalue weighted by molar-refractivity contribution is -0.118. The quantitative estimate of drug-likeness (QED) is 0.517. The summed E-state index contributed by atoms with van der Waals surface area (Å²) < 4.78 is 14.2. The number of anilines is 1. The van der Waals surface area contributed by atoms with E-state index < -0.39 is 0 Å². The van der Waals surface area contributed by atoms with Crippen LogP contribution in [0.1, 0.15) is 12.5 Å². The van der Waals surface area contributed by atoms with Crippen molar-refractivity contribution in [2.45, 2.75) is 18.2 Å². The molecule has 0 saturated carbocycles. The van der Waals surface area contributed by atoms with Crippen molar-refractivity contribution in [3.05, 3.63) is 53.8 Å². The molecule has 3 aromatic rings. The van der Waals surface area contributed by atoms with Gasteiger partial charge in [-0.05, 0) is 48.4 Å². The van der Waals surface area contributed by atoms with Gasteiger partial charge in [-0.25, -0.2) is 9.37 Å². The highest BCUT2D eigenvalue weighted by molar-refractivity contribution is 8.00. The lowest BCUT2D eigenvalue weighted by Crippen LogP contribution is -2.48. The van der Waals surface area contributed by atoms with E-state index in [1.54, 1.807) is 23.5 Å². The minimum Gasteiger partial charge on any atom is -0.354 e. The maximum absolute atomic E-state index is 12.9. The number of rotatable bonds is 8. The van der Waals surface area contributed by atoms with Gasteiger partial charge in [-0.3, -0.25) is 9.69 Å². The van der Waals surface area contributed by atoms with Crippen molar-refractivity contribution in [3.63, 3.8) is 0 Å². The van der Waals surface area contributed by atoms with Gasteiger partial charge in [-0.15, -0.1) is 11.8 Å². The van der Waals surface area contributed by atoms with Crippen molar-refractivity contribution in [2.24, 2.45) is 0 Å². The number of nitrogens with zero attached hydrogens (tertiary/aromatic N) is 3. The second-order valence-corrected chi connectivity index (χ2v) is 9.63. The maximum Gasteiger partial charge on any atom is 0.230 e. The van der Waals surface area contributed by atoms with Crippen molar-refractivity contribution in [2.75, 3.05) is 49.9 Å². The van der Waals surface area contributed by atoms with Crippen LogP contribution in [0.15, 0.2) is 47.4 Å². The zero-order chi connectivity index (χ0) is 21.6. The van der Waals surface area contributed by atoms with Gasteiger partial charge >= 0.3 is 0 Å². The van der Waals surface area contributed by atoms with Crippen LogP contribution >= 0.6 is 23.1 Å². The van der Waals surface area contributed by atoms with E-state index >= 15 is 0 Å². The molecular weight excluding hydrogens is 431 g/mol. The first kappa shape index (κ1) is 22.0. The number of amides is 1. The van der Waals surface area contributed by atoms with Crippen LogP contribution in [0.4, 0.5) is 9.52 Å². The lowest BCUT2D eigenvalue weighted by Gasteiger charge is -2.34. The van der Waals surface area contributed by atoms with Crippen LogP contribution in [0.2, 0.25) is 0 Å². The molecule has 31 heavy (non-hydrogen) atoms. The first-order valence-corrected chi connectivity index (χ1v) is 12.4. The largest absolute Gasteiger partial charge is 0.354 e. The number of piperazine rings is 1. The minimum atomic E-state index is -0.261. The number of halogens is 1. The summed E-state index contributed by atoms with van der Waals surface area (Å²) in [5.41, 5.74) is 2.44. The molecule has 0 aliphatic carbocycles. The Morgan fingerprint density at radius 2 is 1.94 bits per heavy atom. The first-order chi connectivity index (χ1) is 15.1. The van der Waals surface area contributed by atoms with Crippen LogP contribution in [0.5, 0.6) is 0 Å². The molecule has 0 atom stereocenters. The number of nitrogens with one attached hydrogen (secondary N) is 1. The Morgan fingerprint density at radius 1 is 1.16 bits per heavy atom. The Kier molecular flexibility index (Phi) is 7.42. The number of hydrogen-bond donors (Lipinski definition) is 1. The third kappa shape index (κ3) is 5.96. The first-order valence-electron chi connectivity index (χ1n) is 10.6.